The van der Waals surface area contributed by atoms with Gasteiger partial charge in [-0.3, -0.25) is 4.79 Å². The molecule has 3 atom stereocenters. The van der Waals surface area contributed by atoms with Gasteiger partial charge in [-0.2, -0.15) is 0 Å². The second-order valence-corrected chi connectivity index (χ2v) is 7.75. The summed E-state index contributed by atoms with van der Waals surface area (Å²) in [5, 5.41) is 0. The molecule has 1 aliphatic carbocycles. The van der Waals surface area contributed by atoms with Crippen LogP contribution in [-0.4, -0.2) is 29.9 Å². The van der Waals surface area contributed by atoms with Crippen molar-refractivity contribution in [2.75, 3.05) is 13.1 Å². The van der Waals surface area contributed by atoms with E-state index in [2.05, 4.69) is 39.5 Å². The zero-order chi connectivity index (χ0) is 16.0. The van der Waals surface area contributed by atoms with Crippen molar-refractivity contribution in [3.8, 4) is 0 Å². The zero-order valence-electron chi connectivity index (χ0n) is 14.8. The van der Waals surface area contributed by atoms with Crippen LogP contribution in [-0.2, 0) is 4.79 Å². The van der Waals surface area contributed by atoms with Crippen LogP contribution < -0.4 is 5.73 Å². The molecular formula is C18H36N2O. The third-order valence-corrected chi connectivity index (χ3v) is 4.94. The number of rotatable bonds is 7. The molecule has 124 valence electrons. The van der Waals surface area contributed by atoms with Crippen molar-refractivity contribution < 1.29 is 4.79 Å². The maximum absolute atomic E-state index is 12.9. The SMILES string of the molecule is CC(C)CCN(CCC(C)C)C(=O)C1CCCC(N)C1C. The lowest BCUT2D eigenvalue weighted by Gasteiger charge is -2.36. The Morgan fingerprint density at radius 3 is 2.10 bits per heavy atom. The Morgan fingerprint density at radius 2 is 1.62 bits per heavy atom. The minimum Gasteiger partial charge on any atom is -0.342 e. The Morgan fingerprint density at radius 1 is 1.10 bits per heavy atom. The van der Waals surface area contributed by atoms with Gasteiger partial charge in [-0.05, 0) is 43.4 Å². The highest BCUT2D eigenvalue weighted by Crippen LogP contribution is 2.30. The molecule has 3 heteroatoms. The molecule has 0 aromatic rings. The summed E-state index contributed by atoms with van der Waals surface area (Å²) < 4.78 is 0. The first-order chi connectivity index (χ1) is 9.82. The van der Waals surface area contributed by atoms with Gasteiger partial charge in [0.25, 0.3) is 0 Å². The quantitative estimate of drug-likeness (QED) is 0.779. The van der Waals surface area contributed by atoms with E-state index in [1.165, 1.54) is 0 Å². The third kappa shape index (κ3) is 5.98. The molecule has 0 aliphatic heterocycles. The summed E-state index contributed by atoms with van der Waals surface area (Å²) in [5.41, 5.74) is 6.18. The number of amides is 1. The lowest BCUT2D eigenvalue weighted by molar-refractivity contribution is -0.139. The molecular weight excluding hydrogens is 260 g/mol. The van der Waals surface area contributed by atoms with Crippen molar-refractivity contribution in [1.29, 1.82) is 0 Å². The summed E-state index contributed by atoms with van der Waals surface area (Å²) in [5.74, 6) is 2.12. The molecule has 21 heavy (non-hydrogen) atoms. The molecule has 3 nitrogen and oxygen atoms in total. The van der Waals surface area contributed by atoms with Gasteiger partial charge >= 0.3 is 0 Å². The van der Waals surface area contributed by atoms with Crippen LogP contribution in [0.4, 0.5) is 0 Å². The van der Waals surface area contributed by atoms with E-state index in [9.17, 15) is 4.79 Å². The Hall–Kier alpha value is -0.570. The average Bonchev–Trinajstić information content (AvgIpc) is 2.40. The van der Waals surface area contributed by atoms with Gasteiger partial charge in [0.15, 0.2) is 0 Å². The first kappa shape index (κ1) is 18.5. The van der Waals surface area contributed by atoms with Gasteiger partial charge in [0.1, 0.15) is 0 Å². The van der Waals surface area contributed by atoms with Crippen molar-refractivity contribution >= 4 is 5.91 Å². The molecule has 1 rings (SSSR count). The fourth-order valence-corrected chi connectivity index (χ4v) is 3.14. The number of hydrogen-bond acceptors (Lipinski definition) is 2. The van der Waals surface area contributed by atoms with Crippen molar-refractivity contribution in [3.63, 3.8) is 0 Å². The standard InChI is InChI=1S/C18H36N2O/c1-13(2)9-11-20(12-10-14(3)4)18(21)16-7-6-8-17(19)15(16)5/h13-17H,6-12,19H2,1-5H3. The summed E-state index contributed by atoms with van der Waals surface area (Å²) in [4.78, 5) is 15.1. The van der Waals surface area contributed by atoms with Crippen molar-refractivity contribution in [2.24, 2.45) is 29.4 Å². The van der Waals surface area contributed by atoms with Crippen LogP contribution >= 0.6 is 0 Å². The lowest BCUT2D eigenvalue weighted by atomic mass is 9.76. The van der Waals surface area contributed by atoms with E-state index < -0.39 is 0 Å². The molecule has 0 radical (unpaired) electrons. The largest absolute Gasteiger partial charge is 0.342 e. The van der Waals surface area contributed by atoms with E-state index in [-0.39, 0.29) is 12.0 Å². The molecule has 1 fully saturated rings. The van der Waals surface area contributed by atoms with Crippen LogP contribution in [0.2, 0.25) is 0 Å². The molecule has 0 aromatic carbocycles. The molecule has 0 saturated heterocycles. The van der Waals surface area contributed by atoms with Crippen LogP contribution in [0.25, 0.3) is 0 Å². The minimum atomic E-state index is 0.146. The van der Waals surface area contributed by atoms with Crippen LogP contribution in [0.1, 0.15) is 66.7 Å². The fraction of sp³-hybridized carbons (Fsp3) is 0.944. The number of carbonyl (C=O) groups excluding carboxylic acids is 1. The molecule has 0 aromatic heterocycles. The highest BCUT2D eigenvalue weighted by molar-refractivity contribution is 5.79. The van der Waals surface area contributed by atoms with Crippen LogP contribution in [0.5, 0.6) is 0 Å². The Labute approximate surface area is 131 Å². The fourth-order valence-electron chi connectivity index (χ4n) is 3.14. The Kier molecular flexibility index (Phi) is 7.72. The molecule has 0 heterocycles. The van der Waals surface area contributed by atoms with Crippen LogP contribution in [0, 0.1) is 23.7 Å². The summed E-state index contributed by atoms with van der Waals surface area (Å²) in [6.45, 7) is 12.9. The normalized spacial score (nSPS) is 26.4. The molecule has 1 amide bonds. The van der Waals surface area contributed by atoms with Crippen molar-refractivity contribution in [3.05, 3.63) is 0 Å². The van der Waals surface area contributed by atoms with Gasteiger partial charge in [0.2, 0.25) is 5.91 Å². The van der Waals surface area contributed by atoms with Crippen LogP contribution in [0.15, 0.2) is 0 Å². The zero-order valence-corrected chi connectivity index (χ0v) is 14.8. The number of hydrogen-bond donors (Lipinski definition) is 1. The molecule has 2 N–H and O–H groups in total. The number of nitrogens with two attached hydrogens (primary N) is 1. The molecule has 1 aliphatic rings. The smallest absolute Gasteiger partial charge is 0.226 e. The van der Waals surface area contributed by atoms with Gasteiger partial charge in [-0.15, -0.1) is 0 Å². The van der Waals surface area contributed by atoms with Crippen molar-refractivity contribution in [2.45, 2.75) is 72.8 Å². The van der Waals surface area contributed by atoms with E-state index in [1.54, 1.807) is 0 Å². The average molecular weight is 296 g/mol. The first-order valence-electron chi connectivity index (χ1n) is 8.87. The topological polar surface area (TPSA) is 46.3 Å². The predicted octanol–water partition coefficient (Wildman–Crippen LogP) is 3.67. The Balaban J connectivity index is 2.67. The molecule has 0 spiro atoms. The maximum atomic E-state index is 12.9. The number of nitrogens with zero attached hydrogens (tertiary/aromatic N) is 1. The van der Waals surface area contributed by atoms with E-state index in [0.29, 0.717) is 23.7 Å². The summed E-state index contributed by atoms with van der Waals surface area (Å²) in [6, 6.07) is 0.199. The number of carbonyl (C=O) groups is 1. The third-order valence-electron chi connectivity index (χ3n) is 4.94. The second-order valence-electron chi connectivity index (χ2n) is 7.75. The van der Waals surface area contributed by atoms with Gasteiger partial charge in [0.05, 0.1) is 0 Å². The maximum Gasteiger partial charge on any atom is 0.226 e. The minimum absolute atomic E-state index is 0.146. The first-order valence-corrected chi connectivity index (χ1v) is 8.87. The molecule has 1 saturated carbocycles. The van der Waals surface area contributed by atoms with E-state index in [4.69, 9.17) is 5.73 Å². The summed E-state index contributed by atoms with van der Waals surface area (Å²) >= 11 is 0. The van der Waals surface area contributed by atoms with E-state index in [0.717, 1.165) is 45.2 Å². The van der Waals surface area contributed by atoms with Crippen molar-refractivity contribution in [1.82, 2.24) is 4.90 Å². The second kappa shape index (κ2) is 8.77. The van der Waals surface area contributed by atoms with Gasteiger partial charge < -0.3 is 10.6 Å². The van der Waals surface area contributed by atoms with Gasteiger partial charge in [-0.25, -0.2) is 0 Å². The molecule has 0 bridgehead atoms. The molecule has 3 unspecified atom stereocenters. The van der Waals surface area contributed by atoms with E-state index in [1.807, 2.05) is 0 Å². The van der Waals surface area contributed by atoms with E-state index >= 15 is 0 Å². The summed E-state index contributed by atoms with van der Waals surface area (Å²) in [6.07, 6.45) is 5.38. The van der Waals surface area contributed by atoms with Gasteiger partial charge in [-0.1, -0.05) is 41.0 Å². The predicted molar refractivity (Wildman–Crippen MR) is 90.0 cm³/mol. The monoisotopic (exact) mass is 296 g/mol. The highest BCUT2D eigenvalue weighted by Gasteiger charge is 2.34. The highest BCUT2D eigenvalue weighted by atomic mass is 16.2. The lowest BCUT2D eigenvalue weighted by Crippen LogP contribution is -2.46. The Bertz CT molecular complexity index is 302. The summed E-state index contributed by atoms with van der Waals surface area (Å²) in [7, 11) is 0. The van der Waals surface area contributed by atoms with Crippen LogP contribution in [0.3, 0.4) is 0 Å². The van der Waals surface area contributed by atoms with Gasteiger partial charge in [0, 0.05) is 25.0 Å².